The molecule has 8 heavy (non-hydrogen) atoms. The summed E-state index contributed by atoms with van der Waals surface area (Å²) in [5.41, 5.74) is 0. The fourth-order valence-corrected chi connectivity index (χ4v) is 0.835. The van der Waals surface area contributed by atoms with Gasteiger partial charge < -0.3 is 9.47 Å². The molecule has 1 unspecified atom stereocenters. The van der Waals surface area contributed by atoms with Crippen LogP contribution in [0.2, 0.25) is 0 Å². The van der Waals surface area contributed by atoms with Gasteiger partial charge in [-0.2, -0.15) is 0 Å². The summed E-state index contributed by atoms with van der Waals surface area (Å²) in [6.45, 7) is 2.51. The summed E-state index contributed by atoms with van der Waals surface area (Å²) in [5, 5.41) is 0. The van der Waals surface area contributed by atoms with Crippen molar-refractivity contribution in [3.05, 3.63) is 0 Å². The first-order chi connectivity index (χ1) is 3.83. The smallest absolute Gasteiger partial charge is 0.155 e. The predicted octanol–water partition coefficient (Wildman–Crippen LogP) is 0.987. The highest BCUT2D eigenvalue weighted by atomic mass is 35.5. The minimum absolute atomic E-state index is 0.0567. The van der Waals surface area contributed by atoms with Crippen molar-refractivity contribution >= 4 is 11.6 Å². The van der Waals surface area contributed by atoms with E-state index in [1.807, 2.05) is 6.92 Å². The van der Waals surface area contributed by atoms with Crippen molar-refractivity contribution < 1.29 is 9.47 Å². The third kappa shape index (κ3) is 1.34. The summed E-state index contributed by atoms with van der Waals surface area (Å²) >= 11 is 5.47. The Morgan fingerprint density at radius 1 is 1.75 bits per heavy atom. The molecule has 0 spiro atoms. The molecule has 0 aromatic carbocycles. The highest BCUT2D eigenvalue weighted by Gasteiger charge is 2.20. The molecule has 3 heteroatoms. The third-order valence-corrected chi connectivity index (χ3v) is 1.42. The second kappa shape index (κ2) is 2.67. The zero-order chi connectivity index (χ0) is 5.98. The standard InChI is InChI=1S/C5H9ClO2/c1-4-7-3-5(2-6)8-4/h4-5H,2-3H2,1H3/t4-,5?/m0/s1. The van der Waals surface area contributed by atoms with Crippen LogP contribution in [0.5, 0.6) is 0 Å². The Kier molecular flexibility index (Phi) is 2.11. The van der Waals surface area contributed by atoms with Gasteiger partial charge in [0, 0.05) is 0 Å². The van der Waals surface area contributed by atoms with Crippen LogP contribution < -0.4 is 0 Å². The first-order valence-electron chi connectivity index (χ1n) is 2.66. The summed E-state index contributed by atoms with van der Waals surface area (Å²) in [4.78, 5) is 0. The number of halogens is 1. The van der Waals surface area contributed by atoms with Crippen molar-refractivity contribution in [2.45, 2.75) is 19.3 Å². The zero-order valence-corrected chi connectivity index (χ0v) is 5.52. The molecule has 48 valence electrons. The molecule has 1 heterocycles. The molecule has 0 amide bonds. The average Bonchev–Trinajstić information content (AvgIpc) is 2.14. The van der Waals surface area contributed by atoms with Gasteiger partial charge in [0.2, 0.25) is 0 Å². The van der Waals surface area contributed by atoms with Crippen LogP contribution in [0.4, 0.5) is 0 Å². The lowest BCUT2D eigenvalue weighted by Gasteiger charge is -2.01. The number of hydrogen-bond donors (Lipinski definition) is 0. The monoisotopic (exact) mass is 136 g/mol. The topological polar surface area (TPSA) is 18.5 Å². The molecular formula is C5H9ClO2. The molecule has 0 bridgehead atoms. The van der Waals surface area contributed by atoms with Crippen LogP contribution in [-0.4, -0.2) is 24.9 Å². The van der Waals surface area contributed by atoms with Crippen LogP contribution in [0.1, 0.15) is 6.92 Å². The van der Waals surface area contributed by atoms with Crippen LogP contribution in [-0.2, 0) is 9.47 Å². The van der Waals surface area contributed by atoms with Gasteiger partial charge in [0.1, 0.15) is 0 Å². The van der Waals surface area contributed by atoms with Crippen molar-refractivity contribution in [2.24, 2.45) is 0 Å². The lowest BCUT2D eigenvalue weighted by atomic mass is 10.4. The molecule has 2 atom stereocenters. The van der Waals surface area contributed by atoms with E-state index in [4.69, 9.17) is 21.1 Å². The van der Waals surface area contributed by atoms with Gasteiger partial charge in [0.15, 0.2) is 6.29 Å². The summed E-state index contributed by atoms with van der Waals surface area (Å²) in [6, 6.07) is 0. The minimum atomic E-state index is -0.0567. The van der Waals surface area contributed by atoms with E-state index in [2.05, 4.69) is 0 Å². The Labute approximate surface area is 53.7 Å². The summed E-state index contributed by atoms with van der Waals surface area (Å²) in [5.74, 6) is 0.532. The van der Waals surface area contributed by atoms with Crippen LogP contribution in [0, 0.1) is 0 Å². The van der Waals surface area contributed by atoms with Crippen LogP contribution in [0.15, 0.2) is 0 Å². The lowest BCUT2D eigenvalue weighted by molar-refractivity contribution is -0.0384. The molecule has 1 aliphatic rings. The molecule has 2 nitrogen and oxygen atoms in total. The Morgan fingerprint density at radius 2 is 2.50 bits per heavy atom. The predicted molar refractivity (Wildman–Crippen MR) is 31.0 cm³/mol. The third-order valence-electron chi connectivity index (χ3n) is 1.07. The Balaban J connectivity index is 2.22. The Bertz CT molecular complexity index is 76.8. The van der Waals surface area contributed by atoms with Gasteiger partial charge in [-0.3, -0.25) is 0 Å². The molecule has 1 fully saturated rings. The molecule has 0 aromatic rings. The van der Waals surface area contributed by atoms with Gasteiger partial charge in [-0.05, 0) is 6.92 Å². The molecule has 0 saturated carbocycles. The molecule has 0 N–H and O–H groups in total. The molecule has 1 saturated heterocycles. The van der Waals surface area contributed by atoms with Crippen molar-refractivity contribution in [3.63, 3.8) is 0 Å². The van der Waals surface area contributed by atoms with Gasteiger partial charge in [-0.25, -0.2) is 0 Å². The second-order valence-corrected chi connectivity index (χ2v) is 2.12. The lowest BCUT2D eigenvalue weighted by Crippen LogP contribution is -2.11. The van der Waals surface area contributed by atoms with Crippen LogP contribution in [0.3, 0.4) is 0 Å². The molecule has 0 aliphatic carbocycles. The highest BCUT2D eigenvalue weighted by Crippen LogP contribution is 2.10. The summed E-state index contributed by atoms with van der Waals surface area (Å²) in [6.07, 6.45) is 0.0606. The van der Waals surface area contributed by atoms with Crippen molar-refractivity contribution in [3.8, 4) is 0 Å². The van der Waals surface area contributed by atoms with Gasteiger partial charge >= 0.3 is 0 Å². The maximum absolute atomic E-state index is 5.47. The van der Waals surface area contributed by atoms with Crippen molar-refractivity contribution in [2.75, 3.05) is 12.5 Å². The largest absolute Gasteiger partial charge is 0.350 e. The fourth-order valence-electron chi connectivity index (χ4n) is 0.673. The van der Waals surface area contributed by atoms with E-state index in [1.165, 1.54) is 0 Å². The summed E-state index contributed by atoms with van der Waals surface area (Å²) in [7, 11) is 0. The number of ether oxygens (including phenoxy) is 2. The van der Waals surface area contributed by atoms with E-state index in [0.717, 1.165) is 0 Å². The average molecular weight is 137 g/mol. The first kappa shape index (κ1) is 6.33. The molecule has 1 aliphatic heterocycles. The van der Waals surface area contributed by atoms with Crippen LogP contribution >= 0.6 is 11.6 Å². The number of hydrogen-bond acceptors (Lipinski definition) is 2. The van der Waals surface area contributed by atoms with E-state index in [-0.39, 0.29) is 12.4 Å². The van der Waals surface area contributed by atoms with E-state index in [1.54, 1.807) is 0 Å². The maximum atomic E-state index is 5.47. The van der Waals surface area contributed by atoms with Gasteiger partial charge in [-0.15, -0.1) is 11.6 Å². The zero-order valence-electron chi connectivity index (χ0n) is 4.76. The van der Waals surface area contributed by atoms with Gasteiger partial charge in [0.05, 0.1) is 18.6 Å². The van der Waals surface area contributed by atoms with Crippen LogP contribution in [0.25, 0.3) is 0 Å². The normalized spacial score (nSPS) is 38.2. The Morgan fingerprint density at radius 3 is 2.75 bits per heavy atom. The SMILES string of the molecule is C[C@H]1OCC(CCl)O1. The van der Waals surface area contributed by atoms with Gasteiger partial charge in [0.25, 0.3) is 0 Å². The van der Waals surface area contributed by atoms with E-state index < -0.39 is 0 Å². The highest BCUT2D eigenvalue weighted by molar-refractivity contribution is 6.18. The van der Waals surface area contributed by atoms with E-state index >= 15 is 0 Å². The van der Waals surface area contributed by atoms with Crippen molar-refractivity contribution in [1.82, 2.24) is 0 Å². The van der Waals surface area contributed by atoms with E-state index in [9.17, 15) is 0 Å². The first-order valence-corrected chi connectivity index (χ1v) is 3.19. The second-order valence-electron chi connectivity index (χ2n) is 1.81. The summed E-state index contributed by atoms with van der Waals surface area (Å²) < 4.78 is 10.2. The fraction of sp³-hybridized carbons (Fsp3) is 1.00. The number of rotatable bonds is 1. The van der Waals surface area contributed by atoms with E-state index in [0.29, 0.717) is 12.5 Å². The quantitative estimate of drug-likeness (QED) is 0.501. The molecule has 0 radical (unpaired) electrons. The Hall–Kier alpha value is 0.210. The molecular weight excluding hydrogens is 128 g/mol. The number of alkyl halides is 1. The van der Waals surface area contributed by atoms with Gasteiger partial charge in [-0.1, -0.05) is 0 Å². The molecule has 1 rings (SSSR count). The maximum Gasteiger partial charge on any atom is 0.155 e. The minimum Gasteiger partial charge on any atom is -0.350 e. The molecule has 0 aromatic heterocycles. The van der Waals surface area contributed by atoms with Crippen molar-refractivity contribution in [1.29, 1.82) is 0 Å².